The smallest absolute Gasteiger partial charge is 0.192 e. The van der Waals surface area contributed by atoms with Crippen LogP contribution in [0.1, 0.15) is 44.4 Å². The van der Waals surface area contributed by atoms with Crippen molar-refractivity contribution < 1.29 is 19.3 Å². The second-order valence-electron chi connectivity index (χ2n) is 8.05. The van der Waals surface area contributed by atoms with E-state index in [1.54, 1.807) is 7.11 Å². The van der Waals surface area contributed by atoms with Gasteiger partial charge in [0.15, 0.2) is 17.5 Å². The number of aliphatic hydroxyl groups is 1. The second-order valence-corrected chi connectivity index (χ2v) is 8.05. The van der Waals surface area contributed by atoms with Gasteiger partial charge in [-0.05, 0) is 44.5 Å². The fourth-order valence-electron chi connectivity index (χ4n) is 3.67. The van der Waals surface area contributed by atoms with Gasteiger partial charge < -0.3 is 30.0 Å². The van der Waals surface area contributed by atoms with Crippen LogP contribution in [0.3, 0.4) is 0 Å². The van der Waals surface area contributed by atoms with Crippen LogP contribution in [0.4, 0.5) is 0 Å². The third-order valence-electron chi connectivity index (χ3n) is 5.03. The van der Waals surface area contributed by atoms with E-state index in [4.69, 9.17) is 24.3 Å². The van der Waals surface area contributed by atoms with Gasteiger partial charge in [-0.1, -0.05) is 24.3 Å². The predicted molar refractivity (Wildman–Crippen MR) is 137 cm³/mol. The molecule has 3 N–H and O–H groups in total. The Labute approximate surface area is 207 Å². The Kier molecular flexibility index (Phi) is 9.89. The molecule has 1 aliphatic heterocycles. The largest absolute Gasteiger partial charge is 0.493 e. The van der Waals surface area contributed by atoms with Crippen LogP contribution in [0.5, 0.6) is 17.2 Å². The lowest BCUT2D eigenvalue weighted by atomic mass is 9.90. The Morgan fingerprint density at radius 1 is 1.22 bits per heavy atom. The highest BCUT2D eigenvalue weighted by molar-refractivity contribution is 14.0. The van der Waals surface area contributed by atoms with E-state index < -0.39 is 0 Å². The van der Waals surface area contributed by atoms with Crippen LogP contribution in [-0.4, -0.2) is 43.5 Å². The topological polar surface area (TPSA) is 84.3 Å². The summed E-state index contributed by atoms with van der Waals surface area (Å²) in [6.45, 7) is 7.69. The molecule has 1 aliphatic rings. The summed E-state index contributed by atoms with van der Waals surface area (Å²) in [5.74, 6) is 2.89. The summed E-state index contributed by atoms with van der Waals surface area (Å²) in [5.41, 5.74) is 1.87. The maximum Gasteiger partial charge on any atom is 0.192 e. The summed E-state index contributed by atoms with van der Waals surface area (Å²) in [6, 6.07) is 14.0. The number of methoxy groups -OCH3 is 1. The van der Waals surface area contributed by atoms with E-state index in [9.17, 15) is 0 Å². The zero-order valence-corrected chi connectivity index (χ0v) is 21.5. The van der Waals surface area contributed by atoms with E-state index >= 15 is 0 Å². The molecule has 1 atom stereocenters. The first-order valence-electron chi connectivity index (χ1n) is 10.7. The molecule has 0 bridgehead atoms. The lowest BCUT2D eigenvalue weighted by Crippen LogP contribution is -2.45. The number of rotatable bonds is 8. The summed E-state index contributed by atoms with van der Waals surface area (Å²) in [5, 5.41) is 15.9. The van der Waals surface area contributed by atoms with E-state index in [1.165, 1.54) is 0 Å². The van der Waals surface area contributed by atoms with Crippen molar-refractivity contribution in [2.24, 2.45) is 4.99 Å². The maximum absolute atomic E-state index is 8.96. The third kappa shape index (κ3) is 6.90. The molecule has 32 heavy (non-hydrogen) atoms. The van der Waals surface area contributed by atoms with Crippen LogP contribution in [0.25, 0.3) is 0 Å². The molecule has 0 fully saturated rings. The molecule has 176 valence electrons. The molecule has 7 nitrogen and oxygen atoms in total. The summed E-state index contributed by atoms with van der Waals surface area (Å²) < 4.78 is 17.1. The zero-order chi connectivity index (χ0) is 22.3. The number of aliphatic hydroxyl groups excluding tert-OH is 1. The number of para-hydroxylation sites is 1. The van der Waals surface area contributed by atoms with Gasteiger partial charge in [-0.3, -0.25) is 0 Å². The molecule has 1 unspecified atom stereocenters. The van der Waals surface area contributed by atoms with E-state index in [2.05, 4.69) is 37.5 Å². The fraction of sp³-hybridized carbons (Fsp3) is 0.458. The number of benzene rings is 2. The van der Waals surface area contributed by atoms with E-state index in [1.807, 2.05) is 36.4 Å². The Morgan fingerprint density at radius 3 is 2.72 bits per heavy atom. The molecule has 0 aliphatic carbocycles. The van der Waals surface area contributed by atoms with Crippen LogP contribution in [-0.2, 0) is 6.54 Å². The van der Waals surface area contributed by atoms with Gasteiger partial charge in [-0.15, -0.1) is 24.0 Å². The van der Waals surface area contributed by atoms with Gasteiger partial charge in [0.1, 0.15) is 18.0 Å². The first kappa shape index (κ1) is 26.1. The van der Waals surface area contributed by atoms with Crippen molar-refractivity contribution in [1.29, 1.82) is 0 Å². The molecule has 0 amide bonds. The molecule has 2 aromatic rings. The highest BCUT2D eigenvalue weighted by atomic mass is 127. The average Bonchev–Trinajstić information content (AvgIpc) is 2.75. The van der Waals surface area contributed by atoms with Crippen molar-refractivity contribution in [3.63, 3.8) is 0 Å². The lowest BCUT2D eigenvalue weighted by Gasteiger charge is -2.38. The van der Waals surface area contributed by atoms with Crippen LogP contribution in [0.2, 0.25) is 0 Å². The van der Waals surface area contributed by atoms with Gasteiger partial charge >= 0.3 is 0 Å². The van der Waals surface area contributed by atoms with Crippen molar-refractivity contribution in [3.05, 3.63) is 53.6 Å². The highest BCUT2D eigenvalue weighted by Gasteiger charge is 2.33. The zero-order valence-electron chi connectivity index (χ0n) is 19.2. The second kappa shape index (κ2) is 12.2. The number of hydrogen-bond donors (Lipinski definition) is 3. The number of ether oxygens (including phenoxy) is 3. The molecule has 3 rings (SSSR count). The highest BCUT2D eigenvalue weighted by Crippen LogP contribution is 2.39. The minimum Gasteiger partial charge on any atom is -0.493 e. The molecule has 0 aromatic heterocycles. The number of nitrogens with one attached hydrogen (secondary N) is 2. The number of nitrogens with zero attached hydrogens (tertiary/aromatic N) is 1. The molecule has 0 saturated carbocycles. The normalized spacial score (nSPS) is 16.8. The van der Waals surface area contributed by atoms with E-state index in [-0.39, 0.29) is 48.8 Å². The molecule has 8 heteroatoms. The van der Waals surface area contributed by atoms with Gasteiger partial charge in [-0.2, -0.15) is 0 Å². The molecule has 0 radical (unpaired) electrons. The number of hydrogen-bond acceptors (Lipinski definition) is 5. The lowest BCUT2D eigenvalue weighted by molar-refractivity contribution is 0.0694. The van der Waals surface area contributed by atoms with Crippen LogP contribution >= 0.6 is 24.0 Å². The Morgan fingerprint density at radius 2 is 2.00 bits per heavy atom. The fourth-order valence-corrected chi connectivity index (χ4v) is 3.67. The summed E-state index contributed by atoms with van der Waals surface area (Å²) >= 11 is 0. The monoisotopic (exact) mass is 555 g/mol. The first-order valence-corrected chi connectivity index (χ1v) is 10.7. The Bertz CT molecular complexity index is 905. The van der Waals surface area contributed by atoms with Crippen molar-refractivity contribution in [3.8, 4) is 17.2 Å². The van der Waals surface area contributed by atoms with Crippen molar-refractivity contribution in [2.75, 3.05) is 26.9 Å². The maximum atomic E-state index is 8.96. The van der Waals surface area contributed by atoms with Crippen LogP contribution in [0, 0.1) is 0 Å². The first-order chi connectivity index (χ1) is 15.0. The van der Waals surface area contributed by atoms with E-state index in [0.717, 1.165) is 35.8 Å². The quantitative estimate of drug-likeness (QED) is 0.259. The molecular weight excluding hydrogens is 521 g/mol. The summed E-state index contributed by atoms with van der Waals surface area (Å²) in [6.07, 6.45) is 0.832. The molecule has 1 heterocycles. The van der Waals surface area contributed by atoms with Gasteiger partial charge in [0.2, 0.25) is 0 Å². The Hall–Kier alpha value is -2.20. The SMILES string of the molecule is CCNC(=NCc1ccc(OCCO)c(OC)c1)NC1CC(C)(C)Oc2ccccc21.I. The summed E-state index contributed by atoms with van der Waals surface area (Å²) in [4.78, 5) is 4.78. The number of guanidine groups is 1. The molecule has 0 saturated heterocycles. The standard InChI is InChI=1S/C24H33N3O4.HI/c1-5-25-23(26-16-17-10-11-21(30-13-12-28)22(14-17)29-4)27-19-15-24(2,3)31-20-9-7-6-8-18(19)20;/h6-11,14,19,28H,5,12-13,15-16H2,1-4H3,(H2,25,26,27);1H. The van der Waals surface area contributed by atoms with Gasteiger partial charge in [0.25, 0.3) is 0 Å². The van der Waals surface area contributed by atoms with E-state index in [0.29, 0.717) is 18.0 Å². The average molecular weight is 555 g/mol. The molecule has 2 aromatic carbocycles. The number of aliphatic imine (C=N–C) groups is 1. The molecule has 0 spiro atoms. The minimum absolute atomic E-state index is 0. The minimum atomic E-state index is -0.263. The number of halogens is 1. The van der Waals surface area contributed by atoms with Crippen LogP contribution in [0.15, 0.2) is 47.5 Å². The van der Waals surface area contributed by atoms with Crippen LogP contribution < -0.4 is 24.8 Å². The predicted octanol–water partition coefficient (Wildman–Crippen LogP) is 4.04. The Balaban J connectivity index is 0.00000363. The van der Waals surface area contributed by atoms with Crippen molar-refractivity contribution in [1.82, 2.24) is 10.6 Å². The summed E-state index contributed by atoms with van der Waals surface area (Å²) in [7, 11) is 1.60. The third-order valence-corrected chi connectivity index (χ3v) is 5.03. The van der Waals surface area contributed by atoms with Crippen molar-refractivity contribution >= 4 is 29.9 Å². The van der Waals surface area contributed by atoms with Gasteiger partial charge in [0.05, 0.1) is 26.3 Å². The number of fused-ring (bicyclic) bond motifs is 1. The van der Waals surface area contributed by atoms with Gasteiger partial charge in [0, 0.05) is 18.5 Å². The molecular formula is C24H34IN3O4. The van der Waals surface area contributed by atoms with Crippen molar-refractivity contribution in [2.45, 2.75) is 45.4 Å². The van der Waals surface area contributed by atoms with Gasteiger partial charge in [-0.25, -0.2) is 4.99 Å².